The Labute approximate surface area is 219 Å². The van der Waals surface area contributed by atoms with E-state index in [9.17, 15) is 9.59 Å². The standard InChI is InChI=1S/C28H27N3O3S2/c1-4-25(27(33)31-28-30-24(17-35-28)19-12-14-21(34-3)15-13-19)36-22-10-7-9-20(16-22)29-26(32)23-11-6-5-8-18(23)2/h5-17,25H,4H2,1-3H3,(H,29,32)(H,30,31,33). The Morgan fingerprint density at radius 1 is 1.03 bits per heavy atom. The quantitative estimate of drug-likeness (QED) is 0.236. The van der Waals surface area contributed by atoms with Crippen molar-refractivity contribution in [2.24, 2.45) is 0 Å². The second-order valence-electron chi connectivity index (χ2n) is 8.07. The number of ether oxygens (including phenoxy) is 1. The Morgan fingerprint density at radius 3 is 2.53 bits per heavy atom. The Balaban J connectivity index is 1.39. The van der Waals surface area contributed by atoms with Crippen molar-refractivity contribution >= 4 is 45.7 Å². The van der Waals surface area contributed by atoms with Gasteiger partial charge in [-0.1, -0.05) is 31.2 Å². The van der Waals surface area contributed by atoms with Gasteiger partial charge in [0.1, 0.15) is 5.75 Å². The van der Waals surface area contributed by atoms with Crippen LogP contribution in [-0.2, 0) is 4.79 Å². The number of methoxy groups -OCH3 is 1. The first-order valence-electron chi connectivity index (χ1n) is 11.5. The maximum absolute atomic E-state index is 13.0. The van der Waals surface area contributed by atoms with Gasteiger partial charge in [-0.2, -0.15) is 0 Å². The topological polar surface area (TPSA) is 80.3 Å². The zero-order chi connectivity index (χ0) is 25.5. The minimum atomic E-state index is -0.305. The van der Waals surface area contributed by atoms with E-state index in [1.54, 1.807) is 13.2 Å². The molecule has 1 atom stereocenters. The van der Waals surface area contributed by atoms with Crippen LogP contribution >= 0.6 is 23.1 Å². The molecule has 6 nitrogen and oxygen atoms in total. The first-order valence-corrected chi connectivity index (χ1v) is 13.3. The number of aryl methyl sites for hydroxylation is 1. The van der Waals surface area contributed by atoms with Gasteiger partial charge in [0.05, 0.1) is 18.1 Å². The number of thioether (sulfide) groups is 1. The molecule has 3 aromatic carbocycles. The summed E-state index contributed by atoms with van der Waals surface area (Å²) in [5.41, 5.74) is 4.00. The second-order valence-corrected chi connectivity index (χ2v) is 10.2. The summed E-state index contributed by atoms with van der Waals surface area (Å²) in [6, 6.07) is 22.7. The van der Waals surface area contributed by atoms with Crippen LogP contribution in [-0.4, -0.2) is 29.2 Å². The molecule has 8 heteroatoms. The van der Waals surface area contributed by atoms with Crippen molar-refractivity contribution in [2.45, 2.75) is 30.4 Å². The molecule has 0 aliphatic rings. The fourth-order valence-electron chi connectivity index (χ4n) is 3.57. The molecule has 2 amide bonds. The fourth-order valence-corrected chi connectivity index (χ4v) is 5.31. The lowest BCUT2D eigenvalue weighted by Crippen LogP contribution is -2.24. The van der Waals surface area contributed by atoms with Gasteiger partial charge in [0.15, 0.2) is 5.13 Å². The minimum Gasteiger partial charge on any atom is -0.497 e. The molecule has 2 N–H and O–H groups in total. The molecule has 0 aliphatic carbocycles. The van der Waals surface area contributed by atoms with E-state index in [1.807, 2.05) is 86.0 Å². The Kier molecular flexibility index (Phi) is 8.40. The normalized spacial score (nSPS) is 11.5. The molecule has 0 saturated heterocycles. The van der Waals surface area contributed by atoms with Crippen LogP contribution in [0.25, 0.3) is 11.3 Å². The average Bonchev–Trinajstić information content (AvgIpc) is 3.36. The van der Waals surface area contributed by atoms with Crippen LogP contribution in [0, 0.1) is 6.92 Å². The number of carbonyl (C=O) groups is 2. The molecule has 36 heavy (non-hydrogen) atoms. The zero-order valence-electron chi connectivity index (χ0n) is 20.3. The minimum absolute atomic E-state index is 0.104. The monoisotopic (exact) mass is 517 g/mol. The van der Waals surface area contributed by atoms with Crippen LogP contribution in [0.4, 0.5) is 10.8 Å². The summed E-state index contributed by atoms with van der Waals surface area (Å²) in [6.45, 7) is 3.89. The number of hydrogen-bond acceptors (Lipinski definition) is 6. The maximum Gasteiger partial charge on any atom is 0.255 e. The van der Waals surface area contributed by atoms with Crippen LogP contribution in [0.3, 0.4) is 0 Å². The summed E-state index contributed by atoms with van der Waals surface area (Å²) >= 11 is 2.86. The van der Waals surface area contributed by atoms with Gasteiger partial charge in [0.2, 0.25) is 5.91 Å². The predicted molar refractivity (Wildman–Crippen MR) is 148 cm³/mol. The summed E-state index contributed by atoms with van der Waals surface area (Å²) in [6.07, 6.45) is 0.646. The summed E-state index contributed by atoms with van der Waals surface area (Å²) in [5, 5.41) is 8.09. The van der Waals surface area contributed by atoms with E-state index in [4.69, 9.17) is 4.74 Å². The van der Waals surface area contributed by atoms with Crippen LogP contribution in [0.1, 0.15) is 29.3 Å². The largest absolute Gasteiger partial charge is 0.497 e. The number of nitrogens with zero attached hydrogens (tertiary/aromatic N) is 1. The molecule has 0 fully saturated rings. The van der Waals surface area contributed by atoms with Crippen molar-refractivity contribution in [3.63, 3.8) is 0 Å². The molecule has 0 aliphatic heterocycles. The van der Waals surface area contributed by atoms with Crippen molar-refractivity contribution < 1.29 is 14.3 Å². The number of rotatable bonds is 9. The Morgan fingerprint density at radius 2 is 1.81 bits per heavy atom. The summed E-state index contributed by atoms with van der Waals surface area (Å²) < 4.78 is 5.20. The van der Waals surface area contributed by atoms with E-state index in [0.29, 0.717) is 22.8 Å². The third-order valence-corrected chi connectivity index (χ3v) is 7.66. The Bertz CT molecular complexity index is 1350. The number of hydrogen-bond donors (Lipinski definition) is 2. The molecular formula is C28H27N3O3S2. The molecule has 0 spiro atoms. The highest BCUT2D eigenvalue weighted by atomic mass is 32.2. The summed E-state index contributed by atoms with van der Waals surface area (Å²) in [5.74, 6) is 0.521. The fraction of sp³-hybridized carbons (Fsp3) is 0.179. The molecule has 184 valence electrons. The van der Waals surface area contributed by atoms with Gasteiger partial charge in [-0.3, -0.25) is 9.59 Å². The van der Waals surface area contributed by atoms with Gasteiger partial charge in [-0.25, -0.2) is 4.98 Å². The van der Waals surface area contributed by atoms with Crippen molar-refractivity contribution in [1.29, 1.82) is 0 Å². The smallest absolute Gasteiger partial charge is 0.255 e. The summed E-state index contributed by atoms with van der Waals surface area (Å²) in [4.78, 5) is 31.2. The highest BCUT2D eigenvalue weighted by Crippen LogP contribution is 2.30. The van der Waals surface area contributed by atoms with Crippen LogP contribution in [0.15, 0.2) is 83.1 Å². The number of carbonyl (C=O) groups excluding carboxylic acids is 2. The number of nitrogens with one attached hydrogen (secondary N) is 2. The molecule has 0 bridgehead atoms. The third kappa shape index (κ3) is 6.33. The molecule has 1 aromatic heterocycles. The van der Waals surface area contributed by atoms with Gasteiger partial charge in [0.25, 0.3) is 5.91 Å². The van der Waals surface area contributed by atoms with Crippen LogP contribution < -0.4 is 15.4 Å². The Hall–Kier alpha value is -3.62. The molecule has 0 saturated carbocycles. The number of aromatic nitrogens is 1. The lowest BCUT2D eigenvalue weighted by atomic mass is 10.1. The van der Waals surface area contributed by atoms with Gasteiger partial charge < -0.3 is 15.4 Å². The van der Waals surface area contributed by atoms with Crippen LogP contribution in [0.2, 0.25) is 0 Å². The predicted octanol–water partition coefficient (Wildman–Crippen LogP) is 6.89. The zero-order valence-corrected chi connectivity index (χ0v) is 21.9. The molecule has 1 heterocycles. The number of thiazole rings is 1. The number of benzene rings is 3. The molecular weight excluding hydrogens is 490 g/mol. The highest BCUT2D eigenvalue weighted by Gasteiger charge is 2.20. The molecule has 0 radical (unpaired) electrons. The first kappa shape index (κ1) is 25.5. The van der Waals surface area contributed by atoms with Crippen molar-refractivity contribution in [3.05, 3.63) is 89.3 Å². The lowest BCUT2D eigenvalue weighted by Gasteiger charge is -2.14. The molecule has 1 unspecified atom stereocenters. The van der Waals surface area contributed by atoms with E-state index in [0.717, 1.165) is 27.5 Å². The van der Waals surface area contributed by atoms with Gasteiger partial charge in [0, 0.05) is 27.1 Å². The number of amides is 2. The van der Waals surface area contributed by atoms with Crippen molar-refractivity contribution in [2.75, 3.05) is 17.7 Å². The second kappa shape index (κ2) is 11.9. The van der Waals surface area contributed by atoms with Crippen molar-refractivity contribution in [1.82, 2.24) is 4.98 Å². The van der Waals surface area contributed by atoms with Gasteiger partial charge in [-0.15, -0.1) is 23.1 Å². The van der Waals surface area contributed by atoms with Gasteiger partial charge in [-0.05, 0) is 67.4 Å². The highest BCUT2D eigenvalue weighted by molar-refractivity contribution is 8.00. The van der Waals surface area contributed by atoms with Gasteiger partial charge >= 0.3 is 0 Å². The van der Waals surface area contributed by atoms with Crippen molar-refractivity contribution in [3.8, 4) is 17.0 Å². The van der Waals surface area contributed by atoms with E-state index in [1.165, 1.54) is 23.1 Å². The third-order valence-electron chi connectivity index (χ3n) is 5.54. The lowest BCUT2D eigenvalue weighted by molar-refractivity contribution is -0.115. The van der Waals surface area contributed by atoms with E-state index in [2.05, 4.69) is 15.6 Å². The van der Waals surface area contributed by atoms with Crippen LogP contribution in [0.5, 0.6) is 5.75 Å². The van der Waals surface area contributed by atoms with E-state index < -0.39 is 0 Å². The molecule has 4 aromatic rings. The summed E-state index contributed by atoms with van der Waals surface area (Å²) in [7, 11) is 1.63. The van der Waals surface area contributed by atoms with E-state index in [-0.39, 0.29) is 17.1 Å². The van der Waals surface area contributed by atoms with E-state index >= 15 is 0 Å². The SMILES string of the molecule is CCC(Sc1cccc(NC(=O)c2ccccc2C)c1)C(=O)Nc1nc(-c2ccc(OC)cc2)cs1. The average molecular weight is 518 g/mol. The molecule has 4 rings (SSSR count). The maximum atomic E-state index is 13.0. The number of anilines is 2. The first-order chi connectivity index (χ1) is 17.5.